The van der Waals surface area contributed by atoms with Gasteiger partial charge in [-0.25, -0.2) is 13.1 Å². The lowest BCUT2D eigenvalue weighted by Crippen LogP contribution is -2.19. The zero-order chi connectivity index (χ0) is 22.7. The van der Waals surface area contributed by atoms with Gasteiger partial charge in [-0.05, 0) is 42.0 Å². The minimum absolute atomic E-state index is 0.285. The van der Waals surface area contributed by atoms with Crippen molar-refractivity contribution in [1.82, 2.24) is 9.78 Å². The third kappa shape index (κ3) is 4.87. The molecule has 0 aliphatic rings. The van der Waals surface area contributed by atoms with Crippen molar-refractivity contribution in [3.63, 3.8) is 0 Å². The first kappa shape index (κ1) is 21.3. The number of aromatic nitrogens is 2. The molecule has 0 unspecified atom stereocenters. The van der Waals surface area contributed by atoms with Gasteiger partial charge in [0.2, 0.25) is 10.0 Å². The molecule has 0 saturated heterocycles. The molecular weight excluding hydrogens is 426 g/mol. The van der Waals surface area contributed by atoms with Crippen molar-refractivity contribution in [3.05, 3.63) is 95.3 Å². The van der Waals surface area contributed by atoms with Crippen molar-refractivity contribution in [3.8, 4) is 33.9 Å². The van der Waals surface area contributed by atoms with E-state index in [-0.39, 0.29) is 5.56 Å². The van der Waals surface area contributed by atoms with E-state index in [2.05, 4.69) is 9.82 Å². The maximum atomic E-state index is 12.4. The first-order valence-corrected chi connectivity index (χ1v) is 11.7. The second-order valence-electron chi connectivity index (χ2n) is 7.23. The van der Waals surface area contributed by atoms with Gasteiger partial charge in [-0.2, -0.15) is 5.10 Å². The first-order chi connectivity index (χ1) is 15.3. The summed E-state index contributed by atoms with van der Waals surface area (Å²) < 4.78 is 33.1. The Hall–Kier alpha value is -3.91. The summed E-state index contributed by atoms with van der Waals surface area (Å²) in [6.45, 7) is 0. The number of hydrogen-bond acceptors (Lipinski definition) is 5. The number of sulfonamides is 1. The Labute approximate surface area is 186 Å². The molecule has 3 aromatic carbocycles. The predicted octanol–water partition coefficient (Wildman–Crippen LogP) is 4.28. The van der Waals surface area contributed by atoms with Crippen molar-refractivity contribution in [2.75, 3.05) is 11.0 Å². The van der Waals surface area contributed by atoms with Crippen LogP contribution in [0.1, 0.15) is 0 Å². The second-order valence-corrected chi connectivity index (χ2v) is 8.98. The van der Waals surface area contributed by atoms with Crippen LogP contribution < -0.4 is 15.0 Å². The van der Waals surface area contributed by atoms with Gasteiger partial charge in [-0.3, -0.25) is 9.52 Å². The number of hydrogen-bond donors (Lipinski definition) is 1. The number of para-hydroxylation sites is 2. The summed E-state index contributed by atoms with van der Waals surface area (Å²) in [5.74, 6) is 1.25. The highest BCUT2D eigenvalue weighted by molar-refractivity contribution is 7.92. The van der Waals surface area contributed by atoms with Gasteiger partial charge in [0.05, 0.1) is 6.26 Å². The van der Waals surface area contributed by atoms with Crippen LogP contribution in [-0.2, 0) is 17.1 Å². The van der Waals surface area contributed by atoms with Gasteiger partial charge < -0.3 is 4.74 Å². The minimum Gasteiger partial charge on any atom is -0.457 e. The average molecular weight is 448 g/mol. The van der Waals surface area contributed by atoms with Crippen molar-refractivity contribution in [1.29, 1.82) is 0 Å². The fraction of sp³-hybridized carbons (Fsp3) is 0.0833. The van der Waals surface area contributed by atoms with Gasteiger partial charge in [0.15, 0.2) is 0 Å². The van der Waals surface area contributed by atoms with Crippen LogP contribution in [0.2, 0.25) is 0 Å². The van der Waals surface area contributed by atoms with Crippen LogP contribution in [0.15, 0.2) is 89.7 Å². The number of aryl methyl sites for hydroxylation is 1. The van der Waals surface area contributed by atoms with E-state index in [0.717, 1.165) is 6.26 Å². The fourth-order valence-electron chi connectivity index (χ4n) is 3.29. The topological polar surface area (TPSA) is 90.3 Å². The Morgan fingerprint density at radius 2 is 1.59 bits per heavy atom. The number of benzene rings is 3. The molecule has 0 bridgehead atoms. The molecule has 162 valence electrons. The highest BCUT2D eigenvalue weighted by atomic mass is 32.2. The van der Waals surface area contributed by atoms with Crippen LogP contribution in [0, 0.1) is 0 Å². The standard InChI is InChI=1S/C24H21N3O4S/c1-27-23(28)16-21(17-9-8-10-18(15-17)26-32(2,29)30)24(25-27)20-13-6-7-14-22(20)31-19-11-4-3-5-12-19/h3-16,26H,1-2H3. The Morgan fingerprint density at radius 1 is 0.875 bits per heavy atom. The molecule has 7 nitrogen and oxygen atoms in total. The highest BCUT2D eigenvalue weighted by Gasteiger charge is 2.17. The van der Waals surface area contributed by atoms with Gasteiger partial charge in [0.1, 0.15) is 17.2 Å². The van der Waals surface area contributed by atoms with Crippen LogP contribution in [0.5, 0.6) is 11.5 Å². The van der Waals surface area contributed by atoms with Gasteiger partial charge in [-0.1, -0.05) is 42.5 Å². The van der Waals surface area contributed by atoms with Crippen LogP contribution >= 0.6 is 0 Å². The first-order valence-electron chi connectivity index (χ1n) is 9.79. The maximum absolute atomic E-state index is 12.4. The van der Waals surface area contributed by atoms with Crippen LogP contribution in [-0.4, -0.2) is 24.5 Å². The van der Waals surface area contributed by atoms with Gasteiger partial charge in [-0.15, -0.1) is 0 Å². The lowest BCUT2D eigenvalue weighted by molar-refractivity contribution is 0.484. The fourth-order valence-corrected chi connectivity index (χ4v) is 3.84. The third-order valence-corrected chi connectivity index (χ3v) is 5.29. The van der Waals surface area contributed by atoms with Crippen LogP contribution in [0.25, 0.3) is 22.4 Å². The van der Waals surface area contributed by atoms with Crippen molar-refractivity contribution in [2.45, 2.75) is 0 Å². The smallest absolute Gasteiger partial charge is 0.267 e. The van der Waals surface area contributed by atoms with E-state index in [4.69, 9.17) is 4.74 Å². The molecule has 1 aromatic heterocycles. The average Bonchev–Trinajstić information content (AvgIpc) is 2.75. The number of ether oxygens (including phenoxy) is 1. The highest BCUT2D eigenvalue weighted by Crippen LogP contribution is 2.37. The maximum Gasteiger partial charge on any atom is 0.267 e. The molecule has 0 saturated carbocycles. The van der Waals surface area contributed by atoms with E-state index < -0.39 is 10.0 Å². The van der Waals surface area contributed by atoms with Crippen molar-refractivity contribution >= 4 is 15.7 Å². The zero-order valence-electron chi connectivity index (χ0n) is 17.5. The largest absolute Gasteiger partial charge is 0.457 e. The summed E-state index contributed by atoms with van der Waals surface area (Å²) in [7, 11) is -1.86. The molecular formula is C24H21N3O4S. The molecule has 0 radical (unpaired) electrons. The number of anilines is 1. The molecule has 0 fully saturated rings. The van der Waals surface area contributed by atoms with E-state index in [1.165, 1.54) is 10.7 Å². The van der Waals surface area contributed by atoms with E-state index in [0.29, 0.717) is 39.6 Å². The summed E-state index contributed by atoms with van der Waals surface area (Å²) in [5.41, 5.74) is 2.55. The van der Waals surface area contributed by atoms with Crippen molar-refractivity contribution in [2.24, 2.45) is 7.05 Å². The molecule has 4 aromatic rings. The van der Waals surface area contributed by atoms with Gasteiger partial charge in [0.25, 0.3) is 5.56 Å². The summed E-state index contributed by atoms with van der Waals surface area (Å²) in [6.07, 6.45) is 1.09. The molecule has 1 N–H and O–H groups in total. The Bertz CT molecular complexity index is 1430. The molecule has 0 aliphatic carbocycles. The summed E-state index contributed by atoms with van der Waals surface area (Å²) in [5, 5.41) is 4.51. The number of nitrogens with zero attached hydrogens (tertiary/aromatic N) is 2. The zero-order valence-corrected chi connectivity index (χ0v) is 18.3. The monoisotopic (exact) mass is 447 g/mol. The predicted molar refractivity (Wildman–Crippen MR) is 125 cm³/mol. The normalized spacial score (nSPS) is 11.2. The molecule has 0 amide bonds. The number of nitrogens with one attached hydrogen (secondary N) is 1. The summed E-state index contributed by atoms with van der Waals surface area (Å²) in [6, 6.07) is 25.1. The molecule has 4 rings (SSSR count). The van der Waals surface area contributed by atoms with E-state index in [1.807, 2.05) is 54.6 Å². The minimum atomic E-state index is -3.45. The third-order valence-electron chi connectivity index (χ3n) is 4.68. The molecule has 8 heteroatoms. The molecule has 32 heavy (non-hydrogen) atoms. The lowest BCUT2D eigenvalue weighted by Gasteiger charge is -2.15. The Balaban J connectivity index is 1.87. The SMILES string of the molecule is Cn1nc(-c2ccccc2Oc2ccccc2)c(-c2cccc(NS(C)(=O)=O)c2)cc1=O. The Morgan fingerprint density at radius 3 is 2.34 bits per heavy atom. The van der Waals surface area contributed by atoms with E-state index in [9.17, 15) is 13.2 Å². The second kappa shape index (κ2) is 8.68. The van der Waals surface area contributed by atoms with Crippen molar-refractivity contribution < 1.29 is 13.2 Å². The quantitative estimate of drug-likeness (QED) is 0.477. The molecule has 1 heterocycles. The summed E-state index contributed by atoms with van der Waals surface area (Å²) >= 11 is 0. The molecule has 0 aliphatic heterocycles. The summed E-state index contributed by atoms with van der Waals surface area (Å²) in [4.78, 5) is 12.4. The van der Waals surface area contributed by atoms with Crippen LogP contribution in [0.4, 0.5) is 5.69 Å². The van der Waals surface area contributed by atoms with Crippen LogP contribution in [0.3, 0.4) is 0 Å². The lowest BCUT2D eigenvalue weighted by atomic mass is 9.99. The molecule has 0 spiro atoms. The van der Waals surface area contributed by atoms with Gasteiger partial charge in [0, 0.05) is 29.9 Å². The van der Waals surface area contributed by atoms with E-state index >= 15 is 0 Å². The Kier molecular flexibility index (Phi) is 5.79. The van der Waals surface area contributed by atoms with Gasteiger partial charge >= 0.3 is 0 Å². The number of rotatable bonds is 6. The van der Waals surface area contributed by atoms with E-state index in [1.54, 1.807) is 31.3 Å². The molecule has 0 atom stereocenters.